The molecule has 15 heavy (non-hydrogen) atoms. The number of hydrogen-bond donors (Lipinski definition) is 0. The molecule has 0 aromatic rings. The SMILES string of the molecule is CCCCCCCCCC1=C[N]C=CO1. The van der Waals surface area contributed by atoms with Crippen LogP contribution in [-0.2, 0) is 4.74 Å². The summed E-state index contributed by atoms with van der Waals surface area (Å²) in [5, 5.41) is 4.03. The summed E-state index contributed by atoms with van der Waals surface area (Å²) in [5.41, 5.74) is 0. The van der Waals surface area contributed by atoms with Gasteiger partial charge in [-0.15, -0.1) is 0 Å². The largest absolute Gasteiger partial charge is 0.466 e. The van der Waals surface area contributed by atoms with Gasteiger partial charge in [0.05, 0.1) is 12.4 Å². The third-order valence-corrected chi connectivity index (χ3v) is 2.61. The van der Waals surface area contributed by atoms with Crippen molar-refractivity contribution in [2.75, 3.05) is 0 Å². The van der Waals surface area contributed by atoms with Crippen LogP contribution >= 0.6 is 0 Å². The van der Waals surface area contributed by atoms with Crippen LogP contribution in [0.5, 0.6) is 0 Å². The molecule has 0 fully saturated rings. The minimum Gasteiger partial charge on any atom is -0.466 e. The molecule has 0 saturated heterocycles. The first-order valence-electron chi connectivity index (χ1n) is 6.14. The van der Waals surface area contributed by atoms with E-state index in [0.29, 0.717) is 0 Å². The lowest BCUT2D eigenvalue weighted by Crippen LogP contribution is -1.97. The molecule has 0 spiro atoms. The Hall–Kier alpha value is -0.920. The lowest BCUT2D eigenvalue weighted by molar-refractivity contribution is 0.315. The van der Waals surface area contributed by atoms with Crippen LogP contribution in [0.4, 0.5) is 0 Å². The molecule has 0 aromatic carbocycles. The Morgan fingerprint density at radius 2 is 1.80 bits per heavy atom. The van der Waals surface area contributed by atoms with Gasteiger partial charge in [-0.2, -0.15) is 0 Å². The second-order valence-corrected chi connectivity index (χ2v) is 4.02. The third kappa shape index (κ3) is 6.21. The number of hydrogen-bond acceptors (Lipinski definition) is 1. The quantitative estimate of drug-likeness (QED) is 0.551. The minimum atomic E-state index is 1.01. The lowest BCUT2D eigenvalue weighted by atomic mass is 10.1. The highest BCUT2D eigenvalue weighted by molar-refractivity contribution is 5.00. The molecule has 1 radical (unpaired) electrons. The molecule has 0 N–H and O–H groups in total. The van der Waals surface area contributed by atoms with Gasteiger partial charge in [-0.3, -0.25) is 5.32 Å². The summed E-state index contributed by atoms with van der Waals surface area (Å²) < 4.78 is 5.31. The van der Waals surface area contributed by atoms with E-state index in [0.717, 1.165) is 12.2 Å². The fourth-order valence-electron chi connectivity index (χ4n) is 1.69. The van der Waals surface area contributed by atoms with Gasteiger partial charge >= 0.3 is 0 Å². The molecular weight excluding hydrogens is 186 g/mol. The zero-order valence-electron chi connectivity index (χ0n) is 9.74. The van der Waals surface area contributed by atoms with Crippen LogP contribution in [0, 0.1) is 0 Å². The Bertz CT molecular complexity index is 209. The van der Waals surface area contributed by atoms with E-state index >= 15 is 0 Å². The zero-order chi connectivity index (χ0) is 10.8. The number of rotatable bonds is 8. The Morgan fingerprint density at radius 3 is 2.47 bits per heavy atom. The molecule has 0 aromatic heterocycles. The van der Waals surface area contributed by atoms with Crippen molar-refractivity contribution >= 4 is 0 Å². The lowest BCUT2D eigenvalue weighted by Gasteiger charge is -2.08. The standard InChI is InChI=1S/C13H22NO/c1-2-3-4-5-6-7-8-9-13-12-14-10-11-15-13/h10-12H,2-9H2,1H3. The first-order chi connectivity index (χ1) is 7.43. The maximum Gasteiger partial charge on any atom is 0.121 e. The second-order valence-electron chi connectivity index (χ2n) is 4.02. The third-order valence-electron chi connectivity index (χ3n) is 2.61. The molecule has 0 atom stereocenters. The van der Waals surface area contributed by atoms with Gasteiger partial charge in [0.25, 0.3) is 0 Å². The normalized spacial score (nSPS) is 14.3. The molecule has 0 amide bonds. The average molecular weight is 208 g/mol. The van der Waals surface area contributed by atoms with Crippen molar-refractivity contribution in [2.45, 2.75) is 58.3 Å². The number of nitrogens with zero attached hydrogens (tertiary/aromatic N) is 1. The van der Waals surface area contributed by atoms with Crippen molar-refractivity contribution in [3.8, 4) is 0 Å². The van der Waals surface area contributed by atoms with E-state index in [4.69, 9.17) is 4.74 Å². The van der Waals surface area contributed by atoms with Crippen LogP contribution in [0.15, 0.2) is 24.4 Å². The summed E-state index contributed by atoms with van der Waals surface area (Å²) in [5.74, 6) is 1.01. The van der Waals surface area contributed by atoms with Crippen LogP contribution in [0.3, 0.4) is 0 Å². The van der Waals surface area contributed by atoms with Crippen molar-refractivity contribution in [3.05, 3.63) is 24.4 Å². The molecule has 0 saturated carbocycles. The number of unbranched alkanes of at least 4 members (excludes halogenated alkanes) is 6. The second kappa shape index (κ2) is 8.39. The molecule has 85 valence electrons. The average Bonchev–Trinajstić information content (AvgIpc) is 2.29. The van der Waals surface area contributed by atoms with E-state index < -0.39 is 0 Å². The zero-order valence-corrected chi connectivity index (χ0v) is 9.74. The van der Waals surface area contributed by atoms with Crippen molar-refractivity contribution < 1.29 is 4.74 Å². The first-order valence-corrected chi connectivity index (χ1v) is 6.14. The minimum absolute atomic E-state index is 1.01. The van der Waals surface area contributed by atoms with Crippen molar-refractivity contribution in [1.29, 1.82) is 0 Å². The van der Waals surface area contributed by atoms with Crippen molar-refractivity contribution in [1.82, 2.24) is 5.32 Å². The molecule has 0 unspecified atom stereocenters. The highest BCUT2D eigenvalue weighted by atomic mass is 16.5. The Kier molecular flexibility index (Phi) is 6.80. The van der Waals surface area contributed by atoms with Crippen molar-refractivity contribution in [3.63, 3.8) is 0 Å². The maximum absolute atomic E-state index is 5.31. The summed E-state index contributed by atoms with van der Waals surface area (Å²) in [4.78, 5) is 0. The predicted molar refractivity (Wildman–Crippen MR) is 63.1 cm³/mol. The molecule has 1 rings (SSSR count). The highest BCUT2D eigenvalue weighted by Gasteiger charge is 2.00. The van der Waals surface area contributed by atoms with E-state index in [1.165, 1.54) is 44.9 Å². The predicted octanol–water partition coefficient (Wildman–Crippen LogP) is 4.07. The summed E-state index contributed by atoms with van der Waals surface area (Å²) in [6, 6.07) is 0. The molecule has 0 aliphatic carbocycles. The van der Waals surface area contributed by atoms with E-state index in [9.17, 15) is 0 Å². The van der Waals surface area contributed by atoms with Gasteiger partial charge in [0.15, 0.2) is 0 Å². The maximum atomic E-state index is 5.31. The monoisotopic (exact) mass is 208 g/mol. The number of allylic oxidation sites excluding steroid dienone is 1. The molecule has 2 nitrogen and oxygen atoms in total. The van der Waals surface area contributed by atoms with E-state index in [-0.39, 0.29) is 0 Å². The smallest absolute Gasteiger partial charge is 0.121 e. The van der Waals surface area contributed by atoms with E-state index in [1.807, 2.05) is 6.20 Å². The fraction of sp³-hybridized carbons (Fsp3) is 0.692. The molecular formula is C13H22NO. The highest BCUT2D eigenvalue weighted by Crippen LogP contribution is 2.14. The first kappa shape index (κ1) is 12.2. The van der Waals surface area contributed by atoms with Gasteiger partial charge in [-0.1, -0.05) is 45.4 Å². The van der Waals surface area contributed by atoms with E-state index in [2.05, 4.69) is 12.2 Å². The van der Waals surface area contributed by atoms with Gasteiger partial charge in [0.2, 0.25) is 0 Å². The fourth-order valence-corrected chi connectivity index (χ4v) is 1.69. The summed E-state index contributed by atoms with van der Waals surface area (Å²) in [6.07, 6.45) is 15.6. The van der Waals surface area contributed by atoms with Crippen LogP contribution in [-0.4, -0.2) is 0 Å². The molecule has 1 heterocycles. The van der Waals surface area contributed by atoms with Gasteiger partial charge < -0.3 is 4.74 Å². The van der Waals surface area contributed by atoms with Crippen LogP contribution in [0.25, 0.3) is 0 Å². The molecule has 2 heteroatoms. The van der Waals surface area contributed by atoms with Gasteiger partial charge in [0.1, 0.15) is 12.0 Å². The van der Waals surface area contributed by atoms with Crippen LogP contribution in [0.2, 0.25) is 0 Å². The van der Waals surface area contributed by atoms with Gasteiger partial charge in [-0.05, 0) is 6.42 Å². The van der Waals surface area contributed by atoms with Gasteiger partial charge in [0, 0.05) is 6.42 Å². The summed E-state index contributed by atoms with van der Waals surface area (Å²) >= 11 is 0. The Balaban J connectivity index is 1.86. The summed E-state index contributed by atoms with van der Waals surface area (Å²) in [7, 11) is 0. The van der Waals surface area contributed by atoms with Gasteiger partial charge in [-0.25, -0.2) is 0 Å². The molecule has 1 aliphatic rings. The van der Waals surface area contributed by atoms with Crippen LogP contribution in [0.1, 0.15) is 58.3 Å². The Morgan fingerprint density at radius 1 is 1.07 bits per heavy atom. The number of ether oxygens (including phenoxy) is 1. The topological polar surface area (TPSA) is 23.3 Å². The Labute approximate surface area is 93.4 Å². The molecule has 0 bridgehead atoms. The molecule has 1 aliphatic heterocycles. The van der Waals surface area contributed by atoms with E-state index in [1.54, 1.807) is 12.5 Å². The van der Waals surface area contributed by atoms with Crippen molar-refractivity contribution in [2.24, 2.45) is 0 Å². The van der Waals surface area contributed by atoms with Crippen LogP contribution < -0.4 is 5.32 Å². The summed E-state index contributed by atoms with van der Waals surface area (Å²) in [6.45, 7) is 2.25.